The number of aromatic nitrogens is 3. The fourth-order valence-electron chi connectivity index (χ4n) is 3.87. The van der Waals surface area contributed by atoms with Crippen molar-refractivity contribution in [1.29, 1.82) is 0 Å². The van der Waals surface area contributed by atoms with E-state index < -0.39 is 65.5 Å². The monoisotopic (exact) mass is 488 g/mol. The van der Waals surface area contributed by atoms with Crippen LogP contribution in [0.5, 0.6) is 0 Å². The van der Waals surface area contributed by atoms with E-state index in [9.17, 15) is 36.3 Å². The molecule has 1 aromatic heterocycles. The fourth-order valence-corrected chi connectivity index (χ4v) is 3.87. The van der Waals surface area contributed by atoms with Crippen molar-refractivity contribution in [3.63, 3.8) is 0 Å². The highest BCUT2D eigenvalue weighted by atomic mass is 19.3. The third-order valence-corrected chi connectivity index (χ3v) is 5.73. The van der Waals surface area contributed by atoms with Crippen molar-refractivity contribution in [1.82, 2.24) is 25.6 Å². The molecule has 1 aliphatic rings. The van der Waals surface area contributed by atoms with Gasteiger partial charge in [0.1, 0.15) is 5.69 Å². The molecule has 34 heavy (non-hydrogen) atoms. The van der Waals surface area contributed by atoms with Crippen LogP contribution < -0.4 is 10.6 Å². The van der Waals surface area contributed by atoms with Crippen LogP contribution in [0.15, 0.2) is 18.3 Å². The Labute approximate surface area is 190 Å². The van der Waals surface area contributed by atoms with E-state index in [1.165, 1.54) is 13.8 Å². The molecule has 0 radical (unpaired) electrons. The number of carbonyl (C=O) groups excluding carboxylic acids is 3. The third kappa shape index (κ3) is 5.15. The van der Waals surface area contributed by atoms with Gasteiger partial charge in [-0.2, -0.15) is 15.4 Å². The molecule has 1 aliphatic heterocycles. The average Bonchev–Trinajstić information content (AvgIpc) is 3.41. The van der Waals surface area contributed by atoms with Gasteiger partial charge in [0.05, 0.1) is 17.7 Å². The molecular weight excluding hydrogens is 467 g/mol. The summed E-state index contributed by atoms with van der Waals surface area (Å²) >= 11 is 0. The Morgan fingerprint density at radius 3 is 2.44 bits per heavy atom. The predicted molar refractivity (Wildman–Crippen MR) is 107 cm³/mol. The normalized spacial score (nSPS) is 19.7. The van der Waals surface area contributed by atoms with E-state index in [1.54, 1.807) is 0 Å². The number of aromatic amines is 1. The van der Waals surface area contributed by atoms with Crippen LogP contribution >= 0.6 is 0 Å². The molecule has 2 heterocycles. The number of hydrogen-bond acceptors (Lipinski definition) is 5. The maximum absolute atomic E-state index is 13.4. The van der Waals surface area contributed by atoms with Gasteiger partial charge in [-0.1, -0.05) is 0 Å². The van der Waals surface area contributed by atoms with Gasteiger partial charge in [0.25, 0.3) is 0 Å². The van der Waals surface area contributed by atoms with Gasteiger partial charge in [-0.3, -0.25) is 14.4 Å². The van der Waals surface area contributed by atoms with Gasteiger partial charge >= 0.3 is 11.8 Å². The summed E-state index contributed by atoms with van der Waals surface area (Å²) in [5.74, 6) is -8.43. The molecular formula is C20H21F5N6O3. The lowest BCUT2D eigenvalue weighted by atomic mass is 9.94. The van der Waals surface area contributed by atoms with E-state index in [2.05, 4.69) is 26.0 Å². The van der Waals surface area contributed by atoms with Crippen molar-refractivity contribution in [2.75, 3.05) is 11.9 Å². The number of H-pyrrole nitrogens is 1. The van der Waals surface area contributed by atoms with E-state index in [4.69, 9.17) is 0 Å². The smallest absolute Gasteiger partial charge is 0.312 e. The van der Waals surface area contributed by atoms with E-state index in [-0.39, 0.29) is 24.3 Å². The van der Waals surface area contributed by atoms with Gasteiger partial charge < -0.3 is 15.5 Å². The molecule has 184 valence electrons. The minimum atomic E-state index is -2.82. The summed E-state index contributed by atoms with van der Waals surface area (Å²) in [6, 6.07) is 0.418. The minimum absolute atomic E-state index is 0.000521. The molecule has 3 atom stereocenters. The zero-order valence-corrected chi connectivity index (χ0v) is 18.0. The number of nitrogens with zero attached hydrogens (tertiary/aromatic N) is 3. The van der Waals surface area contributed by atoms with Crippen molar-refractivity contribution >= 4 is 23.4 Å². The molecule has 1 saturated heterocycles. The first-order valence-corrected chi connectivity index (χ1v) is 10.2. The predicted octanol–water partition coefficient (Wildman–Crippen LogP) is 2.08. The standard InChI is InChI=1S/C20H21F5N6O3/c1-9-11(17(32)27-10-5-12(21)16(25)13(22)6-10)3-4-31(9)19(34)18(33)28-20(2,7-15(23)24)14-8-26-30-29-14/h5-6,8-9,11,15H,3-4,7H2,1-2H3,(H,27,32)(H,28,33)(H,26,29,30)/t9-,11+,20?/m0/s1. The molecule has 9 nitrogen and oxygen atoms in total. The number of rotatable bonds is 6. The third-order valence-electron chi connectivity index (χ3n) is 5.73. The number of benzene rings is 1. The Morgan fingerprint density at radius 2 is 1.88 bits per heavy atom. The molecule has 3 N–H and O–H groups in total. The lowest BCUT2D eigenvalue weighted by Crippen LogP contribution is -2.52. The Kier molecular flexibility index (Phi) is 7.17. The van der Waals surface area contributed by atoms with Gasteiger partial charge in [0.2, 0.25) is 12.3 Å². The van der Waals surface area contributed by atoms with Gasteiger partial charge in [0.15, 0.2) is 17.5 Å². The number of hydrogen-bond donors (Lipinski definition) is 3. The topological polar surface area (TPSA) is 120 Å². The summed E-state index contributed by atoms with van der Waals surface area (Å²) in [6.07, 6.45) is -2.38. The fraction of sp³-hybridized carbons (Fsp3) is 0.450. The number of carbonyl (C=O) groups is 3. The van der Waals surface area contributed by atoms with Gasteiger partial charge in [-0.15, -0.1) is 0 Å². The summed E-state index contributed by atoms with van der Waals surface area (Å²) in [5, 5.41) is 14.1. The number of alkyl halides is 2. The second-order valence-corrected chi connectivity index (χ2v) is 8.11. The number of anilines is 1. The summed E-state index contributed by atoms with van der Waals surface area (Å²) in [5.41, 5.74) is -2.00. The maximum atomic E-state index is 13.4. The van der Waals surface area contributed by atoms with Gasteiger partial charge in [-0.05, 0) is 20.3 Å². The Balaban J connectivity index is 1.68. The molecule has 3 rings (SSSR count). The second-order valence-electron chi connectivity index (χ2n) is 8.11. The van der Waals surface area contributed by atoms with E-state index >= 15 is 0 Å². The Hall–Kier alpha value is -3.58. The lowest BCUT2D eigenvalue weighted by molar-refractivity contribution is -0.148. The molecule has 1 fully saturated rings. The van der Waals surface area contributed by atoms with E-state index in [0.717, 1.165) is 11.1 Å². The summed E-state index contributed by atoms with van der Waals surface area (Å²) in [6.45, 7) is 2.75. The number of amides is 3. The SMILES string of the molecule is C[C@H]1[C@H](C(=O)Nc2cc(F)c(F)c(F)c2)CCN1C(=O)C(=O)NC(C)(CC(F)F)c1cn[nH]n1. The van der Waals surface area contributed by atoms with Crippen LogP contribution in [0.2, 0.25) is 0 Å². The lowest BCUT2D eigenvalue weighted by Gasteiger charge is -2.30. The summed E-state index contributed by atoms with van der Waals surface area (Å²) in [4.78, 5) is 39.0. The van der Waals surface area contributed by atoms with Crippen molar-refractivity contribution in [2.24, 2.45) is 5.92 Å². The molecule has 3 amide bonds. The molecule has 0 saturated carbocycles. The van der Waals surface area contributed by atoms with Crippen molar-refractivity contribution < 1.29 is 36.3 Å². The molecule has 0 spiro atoms. The number of halogens is 5. The van der Waals surface area contributed by atoms with Crippen LogP contribution in [0.4, 0.5) is 27.6 Å². The first kappa shape index (κ1) is 25.1. The van der Waals surface area contributed by atoms with Crippen molar-refractivity contribution in [2.45, 2.75) is 44.7 Å². The zero-order valence-electron chi connectivity index (χ0n) is 18.0. The van der Waals surface area contributed by atoms with Crippen LogP contribution in [-0.2, 0) is 19.9 Å². The zero-order chi connectivity index (χ0) is 25.2. The van der Waals surface area contributed by atoms with Gasteiger partial charge in [-0.25, -0.2) is 22.0 Å². The number of nitrogens with one attached hydrogen (secondary N) is 3. The Morgan fingerprint density at radius 1 is 1.24 bits per heavy atom. The minimum Gasteiger partial charge on any atom is -0.337 e. The van der Waals surface area contributed by atoms with Crippen LogP contribution in [0.25, 0.3) is 0 Å². The highest BCUT2D eigenvalue weighted by Crippen LogP contribution is 2.28. The van der Waals surface area contributed by atoms with Crippen molar-refractivity contribution in [3.05, 3.63) is 41.5 Å². The van der Waals surface area contributed by atoms with Crippen LogP contribution in [0, 0.1) is 23.4 Å². The van der Waals surface area contributed by atoms with Crippen LogP contribution in [0.3, 0.4) is 0 Å². The first-order chi connectivity index (χ1) is 15.9. The number of likely N-dealkylation sites (tertiary alicyclic amines) is 1. The maximum Gasteiger partial charge on any atom is 0.312 e. The molecule has 1 aromatic carbocycles. The summed E-state index contributed by atoms with van der Waals surface area (Å²) < 4.78 is 66.1. The summed E-state index contributed by atoms with van der Waals surface area (Å²) in [7, 11) is 0. The second kappa shape index (κ2) is 9.73. The van der Waals surface area contributed by atoms with Gasteiger partial charge in [0, 0.05) is 36.8 Å². The molecule has 0 bridgehead atoms. The first-order valence-electron chi connectivity index (χ1n) is 10.2. The van der Waals surface area contributed by atoms with E-state index in [1.807, 2.05) is 0 Å². The van der Waals surface area contributed by atoms with Crippen LogP contribution in [0.1, 0.15) is 32.4 Å². The van der Waals surface area contributed by atoms with E-state index in [0.29, 0.717) is 12.1 Å². The molecule has 0 aliphatic carbocycles. The Bertz CT molecular complexity index is 1060. The molecule has 2 aromatic rings. The average molecular weight is 488 g/mol. The largest absolute Gasteiger partial charge is 0.337 e. The highest BCUT2D eigenvalue weighted by molar-refractivity contribution is 6.35. The van der Waals surface area contributed by atoms with Crippen molar-refractivity contribution in [3.8, 4) is 0 Å². The quantitative estimate of drug-likeness (QED) is 0.327. The molecule has 14 heteroatoms. The van der Waals surface area contributed by atoms with Crippen LogP contribution in [-0.4, -0.2) is 57.0 Å². The molecule has 1 unspecified atom stereocenters. The highest BCUT2D eigenvalue weighted by Gasteiger charge is 2.42.